The number of hydrogen-bond donors (Lipinski definition) is 1. The average molecular weight is 341 g/mol. The molecule has 0 spiro atoms. The van der Waals surface area contributed by atoms with Crippen LogP contribution in [0.25, 0.3) is 32.7 Å². The van der Waals surface area contributed by atoms with Crippen molar-refractivity contribution >= 4 is 27.2 Å². The van der Waals surface area contributed by atoms with Gasteiger partial charge in [0.2, 0.25) is 0 Å². The lowest BCUT2D eigenvalue weighted by atomic mass is 9.91. The minimum absolute atomic E-state index is 0.567. The van der Waals surface area contributed by atoms with E-state index in [0.29, 0.717) is 13.2 Å². The summed E-state index contributed by atoms with van der Waals surface area (Å²) in [5, 5.41) is 8.10. The maximum Gasteiger partial charge on any atom is 0.169 e. The molecular formula is C23H19NO2. The van der Waals surface area contributed by atoms with Crippen molar-refractivity contribution in [3.63, 3.8) is 0 Å². The smallest absolute Gasteiger partial charge is 0.169 e. The molecule has 3 heteroatoms. The van der Waals surface area contributed by atoms with Gasteiger partial charge >= 0.3 is 0 Å². The Morgan fingerprint density at radius 3 is 2.23 bits per heavy atom. The van der Waals surface area contributed by atoms with Crippen LogP contribution in [-0.4, -0.2) is 20.3 Å². The van der Waals surface area contributed by atoms with E-state index >= 15 is 0 Å². The van der Waals surface area contributed by atoms with Crippen LogP contribution in [0.5, 0.6) is 11.5 Å². The molecule has 1 heterocycles. The predicted octanol–water partition coefficient (Wildman–Crippen LogP) is 5.47. The quantitative estimate of drug-likeness (QED) is 0.524. The lowest BCUT2D eigenvalue weighted by molar-refractivity contribution is 0.173. The van der Waals surface area contributed by atoms with Gasteiger partial charge in [-0.3, -0.25) is 0 Å². The van der Waals surface area contributed by atoms with Crippen molar-refractivity contribution in [2.75, 3.05) is 25.6 Å². The molecule has 3 nitrogen and oxygen atoms in total. The van der Waals surface area contributed by atoms with E-state index in [2.05, 4.69) is 72.0 Å². The summed E-state index contributed by atoms with van der Waals surface area (Å²) in [6, 6.07) is 23.3. The number of anilines is 1. The molecule has 0 aliphatic carbocycles. The molecule has 5 rings (SSSR count). The summed E-state index contributed by atoms with van der Waals surface area (Å²) in [6.45, 7) is 1.15. The van der Waals surface area contributed by atoms with Gasteiger partial charge in [-0.25, -0.2) is 0 Å². The minimum Gasteiger partial charge on any atom is -0.486 e. The highest BCUT2D eigenvalue weighted by Crippen LogP contribution is 2.49. The molecule has 1 aliphatic heterocycles. The zero-order valence-electron chi connectivity index (χ0n) is 14.6. The molecule has 4 aromatic rings. The van der Waals surface area contributed by atoms with E-state index in [1.165, 1.54) is 16.2 Å². The van der Waals surface area contributed by atoms with Crippen LogP contribution in [0.4, 0.5) is 5.69 Å². The van der Waals surface area contributed by atoms with Crippen molar-refractivity contribution in [1.29, 1.82) is 0 Å². The van der Waals surface area contributed by atoms with Gasteiger partial charge in [-0.1, -0.05) is 54.6 Å². The molecule has 26 heavy (non-hydrogen) atoms. The van der Waals surface area contributed by atoms with Crippen LogP contribution in [0.2, 0.25) is 0 Å². The van der Waals surface area contributed by atoms with Crippen LogP contribution in [0, 0.1) is 0 Å². The van der Waals surface area contributed by atoms with Gasteiger partial charge < -0.3 is 14.8 Å². The molecule has 1 aliphatic rings. The van der Waals surface area contributed by atoms with Crippen molar-refractivity contribution in [3.05, 3.63) is 66.7 Å². The van der Waals surface area contributed by atoms with E-state index in [9.17, 15) is 0 Å². The fourth-order valence-electron chi connectivity index (χ4n) is 3.85. The van der Waals surface area contributed by atoms with E-state index in [1.807, 2.05) is 7.05 Å². The predicted molar refractivity (Wildman–Crippen MR) is 107 cm³/mol. The molecule has 0 radical (unpaired) electrons. The second kappa shape index (κ2) is 5.95. The molecular weight excluding hydrogens is 322 g/mol. The molecule has 0 saturated heterocycles. The highest BCUT2D eigenvalue weighted by molar-refractivity contribution is 6.12. The summed E-state index contributed by atoms with van der Waals surface area (Å²) in [7, 11) is 1.96. The van der Waals surface area contributed by atoms with Gasteiger partial charge in [0.05, 0.1) is 0 Å². The summed E-state index contributed by atoms with van der Waals surface area (Å²) in [4.78, 5) is 0. The molecule has 0 amide bonds. The van der Waals surface area contributed by atoms with Crippen LogP contribution in [0.15, 0.2) is 66.7 Å². The van der Waals surface area contributed by atoms with Crippen molar-refractivity contribution < 1.29 is 9.47 Å². The minimum atomic E-state index is 0.567. The lowest BCUT2D eigenvalue weighted by Crippen LogP contribution is -2.16. The van der Waals surface area contributed by atoms with E-state index in [-0.39, 0.29) is 0 Å². The largest absolute Gasteiger partial charge is 0.486 e. The fourth-order valence-corrected chi connectivity index (χ4v) is 3.85. The van der Waals surface area contributed by atoms with Crippen molar-refractivity contribution in [2.45, 2.75) is 0 Å². The summed E-state index contributed by atoms with van der Waals surface area (Å²) >= 11 is 0. The molecule has 0 aromatic heterocycles. The lowest BCUT2D eigenvalue weighted by Gasteiger charge is -2.24. The maximum absolute atomic E-state index is 6.11. The summed E-state index contributed by atoms with van der Waals surface area (Å²) in [5.41, 5.74) is 3.33. The van der Waals surface area contributed by atoms with Crippen LogP contribution in [0.3, 0.4) is 0 Å². The zero-order chi connectivity index (χ0) is 17.5. The van der Waals surface area contributed by atoms with Gasteiger partial charge in [0.25, 0.3) is 0 Å². The van der Waals surface area contributed by atoms with E-state index in [4.69, 9.17) is 9.47 Å². The first kappa shape index (κ1) is 15.1. The van der Waals surface area contributed by atoms with Crippen LogP contribution in [0.1, 0.15) is 0 Å². The Morgan fingerprint density at radius 1 is 0.731 bits per heavy atom. The van der Waals surface area contributed by atoms with Gasteiger partial charge in [0.1, 0.15) is 13.2 Å². The van der Waals surface area contributed by atoms with E-state index in [0.717, 1.165) is 33.7 Å². The van der Waals surface area contributed by atoms with Crippen molar-refractivity contribution in [2.24, 2.45) is 0 Å². The normalized spacial score (nSPS) is 13.1. The third kappa shape index (κ3) is 2.21. The molecule has 1 N–H and O–H groups in total. The number of ether oxygens (including phenoxy) is 2. The summed E-state index contributed by atoms with van der Waals surface area (Å²) in [6.07, 6.45) is 0. The first-order chi connectivity index (χ1) is 12.9. The standard InChI is InChI=1S/C23H19NO2/c1-24-19-11-10-15-6-2-4-8-17(15)21(19)22-18-9-5-3-7-16(18)14-20-23(22)26-13-12-25-20/h2-11,14,24H,12-13H2,1H3. The first-order valence-corrected chi connectivity index (χ1v) is 8.88. The number of nitrogens with one attached hydrogen (secondary N) is 1. The summed E-state index contributed by atoms with van der Waals surface area (Å²) in [5.74, 6) is 1.66. The van der Waals surface area contributed by atoms with Gasteiger partial charge in [-0.2, -0.15) is 0 Å². The van der Waals surface area contributed by atoms with Gasteiger partial charge in [0.15, 0.2) is 11.5 Å². The first-order valence-electron chi connectivity index (χ1n) is 8.88. The van der Waals surface area contributed by atoms with Gasteiger partial charge in [0, 0.05) is 23.9 Å². The molecule has 0 fully saturated rings. The van der Waals surface area contributed by atoms with E-state index in [1.54, 1.807) is 0 Å². The molecule has 0 saturated carbocycles. The Bertz CT molecular complexity index is 1130. The fraction of sp³-hybridized carbons (Fsp3) is 0.130. The molecule has 0 atom stereocenters. The van der Waals surface area contributed by atoms with Crippen LogP contribution >= 0.6 is 0 Å². The number of fused-ring (bicyclic) bond motifs is 3. The molecule has 0 bridgehead atoms. The Hall–Kier alpha value is -3.20. The van der Waals surface area contributed by atoms with Crippen LogP contribution < -0.4 is 14.8 Å². The Labute approximate surface area is 152 Å². The second-order valence-electron chi connectivity index (χ2n) is 6.46. The van der Waals surface area contributed by atoms with Gasteiger partial charge in [-0.15, -0.1) is 0 Å². The highest BCUT2D eigenvalue weighted by atomic mass is 16.6. The summed E-state index contributed by atoms with van der Waals surface area (Å²) < 4.78 is 12.0. The van der Waals surface area contributed by atoms with Gasteiger partial charge in [-0.05, 0) is 33.7 Å². The topological polar surface area (TPSA) is 30.5 Å². The molecule has 128 valence electrons. The third-order valence-corrected chi connectivity index (χ3v) is 5.00. The van der Waals surface area contributed by atoms with Crippen molar-refractivity contribution in [1.82, 2.24) is 0 Å². The number of rotatable bonds is 2. The Balaban J connectivity index is 1.98. The Morgan fingerprint density at radius 2 is 1.42 bits per heavy atom. The van der Waals surface area contributed by atoms with Crippen LogP contribution in [-0.2, 0) is 0 Å². The van der Waals surface area contributed by atoms with Crippen molar-refractivity contribution in [3.8, 4) is 22.6 Å². The Kier molecular flexibility index (Phi) is 3.45. The zero-order valence-corrected chi connectivity index (χ0v) is 14.6. The monoisotopic (exact) mass is 341 g/mol. The SMILES string of the molecule is CNc1ccc2ccccc2c1-c1c2c(cc3ccccc13)OCCO2. The highest BCUT2D eigenvalue weighted by Gasteiger charge is 2.23. The molecule has 4 aromatic carbocycles. The maximum atomic E-state index is 6.11. The number of hydrogen-bond acceptors (Lipinski definition) is 3. The van der Waals surface area contributed by atoms with E-state index < -0.39 is 0 Å². The third-order valence-electron chi connectivity index (χ3n) is 5.00. The number of benzene rings is 4. The average Bonchev–Trinajstić information content (AvgIpc) is 2.71. The molecule has 0 unspecified atom stereocenters. The second-order valence-corrected chi connectivity index (χ2v) is 6.46.